The molecule has 0 saturated heterocycles. The van der Waals surface area contributed by atoms with E-state index in [0.717, 1.165) is 22.7 Å². The quantitative estimate of drug-likeness (QED) is 0.876. The lowest BCUT2D eigenvalue weighted by Crippen LogP contribution is -2.18. The van der Waals surface area contributed by atoms with E-state index in [0.29, 0.717) is 6.04 Å². The van der Waals surface area contributed by atoms with Gasteiger partial charge in [0.05, 0.1) is 0 Å². The molecule has 90 valence electrons. The molecule has 0 bridgehead atoms. The van der Waals surface area contributed by atoms with E-state index >= 15 is 0 Å². The van der Waals surface area contributed by atoms with Crippen LogP contribution in [0.25, 0.3) is 0 Å². The molecule has 0 spiro atoms. The Bertz CT molecular complexity index is 464. The molecule has 2 aromatic heterocycles. The summed E-state index contributed by atoms with van der Waals surface area (Å²) in [6.07, 6.45) is 1.01. The van der Waals surface area contributed by atoms with Gasteiger partial charge in [-0.3, -0.25) is 0 Å². The van der Waals surface area contributed by atoms with Crippen molar-refractivity contribution in [3.8, 4) is 0 Å². The number of rotatable bonds is 4. The van der Waals surface area contributed by atoms with Crippen molar-refractivity contribution in [1.29, 1.82) is 0 Å². The Labute approximate surface area is 113 Å². The molecule has 0 aromatic carbocycles. The average Bonchev–Trinajstić information content (AvgIpc) is 2.67. The number of aromatic nitrogens is 2. The lowest BCUT2D eigenvalue weighted by molar-refractivity contribution is 0.791. The van der Waals surface area contributed by atoms with Crippen LogP contribution in [0, 0.1) is 6.92 Å². The SMILES string of the molecule is Cc1nc(Br)cc(NC(C)Cc2cccs2)n1. The molecule has 0 aliphatic heterocycles. The van der Waals surface area contributed by atoms with Crippen LogP contribution in [0.4, 0.5) is 5.82 Å². The molecule has 2 heterocycles. The van der Waals surface area contributed by atoms with Crippen molar-refractivity contribution in [2.75, 3.05) is 5.32 Å². The summed E-state index contributed by atoms with van der Waals surface area (Å²) in [6.45, 7) is 4.05. The van der Waals surface area contributed by atoms with Crippen molar-refractivity contribution in [2.45, 2.75) is 26.3 Å². The van der Waals surface area contributed by atoms with Gasteiger partial charge in [0, 0.05) is 23.4 Å². The summed E-state index contributed by atoms with van der Waals surface area (Å²) in [5, 5.41) is 5.49. The van der Waals surface area contributed by atoms with Gasteiger partial charge in [-0.1, -0.05) is 6.07 Å². The van der Waals surface area contributed by atoms with Gasteiger partial charge >= 0.3 is 0 Å². The van der Waals surface area contributed by atoms with Crippen LogP contribution in [0.15, 0.2) is 28.2 Å². The van der Waals surface area contributed by atoms with E-state index in [1.165, 1.54) is 4.88 Å². The molecule has 0 amide bonds. The van der Waals surface area contributed by atoms with Crippen LogP contribution in [-0.4, -0.2) is 16.0 Å². The monoisotopic (exact) mass is 311 g/mol. The maximum Gasteiger partial charge on any atom is 0.131 e. The number of hydrogen-bond donors (Lipinski definition) is 1. The van der Waals surface area contributed by atoms with Gasteiger partial charge in [0.2, 0.25) is 0 Å². The fraction of sp³-hybridized carbons (Fsp3) is 0.333. The molecule has 2 aromatic rings. The molecule has 1 N–H and O–H groups in total. The second-order valence-electron chi connectivity index (χ2n) is 3.95. The van der Waals surface area contributed by atoms with Crippen molar-refractivity contribution in [3.63, 3.8) is 0 Å². The average molecular weight is 312 g/mol. The smallest absolute Gasteiger partial charge is 0.131 e. The number of aryl methyl sites for hydroxylation is 1. The van der Waals surface area contributed by atoms with E-state index in [9.17, 15) is 0 Å². The zero-order valence-electron chi connectivity index (χ0n) is 9.77. The molecule has 0 aliphatic rings. The number of anilines is 1. The summed E-state index contributed by atoms with van der Waals surface area (Å²) >= 11 is 5.16. The normalized spacial score (nSPS) is 12.4. The van der Waals surface area contributed by atoms with Crippen molar-refractivity contribution >= 4 is 33.1 Å². The molecule has 0 aliphatic carbocycles. The van der Waals surface area contributed by atoms with Crippen molar-refractivity contribution in [1.82, 2.24) is 9.97 Å². The van der Waals surface area contributed by atoms with Gasteiger partial charge in [-0.2, -0.15) is 0 Å². The number of halogens is 1. The van der Waals surface area contributed by atoms with Crippen molar-refractivity contribution < 1.29 is 0 Å². The number of hydrogen-bond acceptors (Lipinski definition) is 4. The third-order valence-electron chi connectivity index (χ3n) is 2.29. The minimum Gasteiger partial charge on any atom is -0.367 e. The molecule has 1 atom stereocenters. The topological polar surface area (TPSA) is 37.8 Å². The van der Waals surface area contributed by atoms with E-state index in [1.54, 1.807) is 11.3 Å². The van der Waals surface area contributed by atoms with Crippen molar-refractivity contribution in [2.24, 2.45) is 0 Å². The van der Waals surface area contributed by atoms with Gasteiger partial charge in [0.25, 0.3) is 0 Å². The van der Waals surface area contributed by atoms with E-state index < -0.39 is 0 Å². The summed E-state index contributed by atoms with van der Waals surface area (Å²) in [6, 6.07) is 6.50. The highest BCUT2D eigenvalue weighted by Crippen LogP contribution is 2.16. The van der Waals surface area contributed by atoms with Crippen LogP contribution in [0.5, 0.6) is 0 Å². The van der Waals surface area contributed by atoms with Crippen LogP contribution in [0.1, 0.15) is 17.6 Å². The lowest BCUT2D eigenvalue weighted by Gasteiger charge is -2.13. The van der Waals surface area contributed by atoms with Crippen LogP contribution in [-0.2, 0) is 6.42 Å². The van der Waals surface area contributed by atoms with Crippen LogP contribution >= 0.6 is 27.3 Å². The maximum atomic E-state index is 4.35. The maximum absolute atomic E-state index is 4.35. The predicted octanol–water partition coefficient (Wildman–Crippen LogP) is 3.65. The molecular formula is C12H14BrN3S. The van der Waals surface area contributed by atoms with Gasteiger partial charge in [0.15, 0.2) is 0 Å². The van der Waals surface area contributed by atoms with Gasteiger partial charge < -0.3 is 5.32 Å². The first-order valence-corrected chi connectivity index (χ1v) is 7.11. The van der Waals surface area contributed by atoms with Gasteiger partial charge in [-0.25, -0.2) is 9.97 Å². The number of nitrogens with one attached hydrogen (secondary N) is 1. The molecule has 0 radical (unpaired) electrons. The summed E-state index contributed by atoms with van der Waals surface area (Å²) in [7, 11) is 0. The van der Waals surface area contributed by atoms with E-state index in [-0.39, 0.29) is 0 Å². The minimum absolute atomic E-state index is 0.356. The summed E-state index contributed by atoms with van der Waals surface area (Å²) in [5.74, 6) is 1.64. The van der Waals surface area contributed by atoms with Crippen molar-refractivity contribution in [3.05, 3.63) is 38.9 Å². The van der Waals surface area contributed by atoms with E-state index in [1.807, 2.05) is 13.0 Å². The molecular weight excluding hydrogens is 298 g/mol. The van der Waals surface area contributed by atoms with Crippen LogP contribution in [0.2, 0.25) is 0 Å². The predicted molar refractivity (Wildman–Crippen MR) is 75.6 cm³/mol. The minimum atomic E-state index is 0.356. The molecule has 1 unspecified atom stereocenters. The highest BCUT2D eigenvalue weighted by molar-refractivity contribution is 9.10. The Kier molecular flexibility index (Phi) is 4.12. The zero-order valence-corrected chi connectivity index (χ0v) is 12.2. The fourth-order valence-corrected chi connectivity index (χ4v) is 2.95. The Morgan fingerprint density at radius 2 is 2.29 bits per heavy atom. The Morgan fingerprint density at radius 3 is 2.94 bits per heavy atom. The molecule has 3 nitrogen and oxygen atoms in total. The summed E-state index contributed by atoms with van der Waals surface area (Å²) in [5.41, 5.74) is 0. The second-order valence-corrected chi connectivity index (χ2v) is 5.80. The van der Waals surface area contributed by atoms with E-state index in [2.05, 4.69) is 55.7 Å². The third-order valence-corrected chi connectivity index (χ3v) is 3.59. The molecule has 0 saturated carbocycles. The molecule has 17 heavy (non-hydrogen) atoms. The highest BCUT2D eigenvalue weighted by Gasteiger charge is 2.06. The van der Waals surface area contributed by atoms with Crippen LogP contribution in [0.3, 0.4) is 0 Å². The molecule has 5 heteroatoms. The number of nitrogens with zero attached hydrogens (tertiary/aromatic N) is 2. The Morgan fingerprint density at radius 1 is 1.47 bits per heavy atom. The fourth-order valence-electron chi connectivity index (χ4n) is 1.64. The molecule has 0 fully saturated rings. The van der Waals surface area contributed by atoms with E-state index in [4.69, 9.17) is 0 Å². The standard InChI is InChI=1S/C12H14BrN3S/c1-8(6-10-4-3-5-17-10)14-12-7-11(13)15-9(2)16-12/h3-5,7-8H,6H2,1-2H3,(H,14,15,16). The second kappa shape index (κ2) is 5.60. The first-order chi connectivity index (χ1) is 8.13. The van der Waals surface area contributed by atoms with Gasteiger partial charge in [-0.05, 0) is 41.2 Å². The first-order valence-electron chi connectivity index (χ1n) is 5.43. The third kappa shape index (κ3) is 3.78. The Hall–Kier alpha value is -0.940. The molecule has 2 rings (SSSR count). The largest absolute Gasteiger partial charge is 0.367 e. The lowest BCUT2D eigenvalue weighted by atomic mass is 10.2. The van der Waals surface area contributed by atoms with Gasteiger partial charge in [-0.15, -0.1) is 11.3 Å². The number of thiophene rings is 1. The Balaban J connectivity index is 2.00. The summed E-state index contributed by atoms with van der Waals surface area (Å²) < 4.78 is 0.816. The zero-order chi connectivity index (χ0) is 12.3. The first kappa shape index (κ1) is 12.5. The van der Waals surface area contributed by atoms with Crippen LogP contribution < -0.4 is 5.32 Å². The highest BCUT2D eigenvalue weighted by atomic mass is 79.9. The van der Waals surface area contributed by atoms with Gasteiger partial charge in [0.1, 0.15) is 16.2 Å². The summed E-state index contributed by atoms with van der Waals surface area (Å²) in [4.78, 5) is 9.92.